The third-order valence-electron chi connectivity index (χ3n) is 8.63. The first-order chi connectivity index (χ1) is 22.7. The van der Waals surface area contributed by atoms with Crippen molar-refractivity contribution in [3.63, 3.8) is 0 Å². The number of nitrogens with one attached hydrogen (secondary N) is 3. The molecule has 3 heterocycles. The van der Waals surface area contributed by atoms with E-state index in [1.165, 1.54) is 16.2 Å². The maximum absolute atomic E-state index is 14.2. The van der Waals surface area contributed by atoms with E-state index < -0.39 is 18.0 Å². The molecule has 0 radical (unpaired) electrons. The van der Waals surface area contributed by atoms with E-state index >= 15 is 0 Å². The van der Waals surface area contributed by atoms with Crippen molar-refractivity contribution in [1.29, 1.82) is 0 Å². The minimum Gasteiger partial charge on any atom is -0.380 e. The number of methoxy groups -OCH3 is 1. The van der Waals surface area contributed by atoms with Crippen LogP contribution in [0.15, 0.2) is 60.0 Å². The van der Waals surface area contributed by atoms with E-state index in [9.17, 15) is 19.2 Å². The lowest BCUT2D eigenvalue weighted by Gasteiger charge is -2.36. The molecule has 2 aromatic carbocycles. The minimum atomic E-state index is -1.01. The number of hydrogen-bond acceptors (Lipinski definition) is 8. The van der Waals surface area contributed by atoms with Gasteiger partial charge >= 0.3 is 6.03 Å². The van der Waals surface area contributed by atoms with Gasteiger partial charge in [-0.05, 0) is 44.4 Å². The van der Waals surface area contributed by atoms with E-state index in [4.69, 9.17) is 9.47 Å². The number of amides is 5. The lowest BCUT2D eigenvalue weighted by molar-refractivity contribution is -0.138. The minimum absolute atomic E-state index is 0.0883. The molecular weight excluding hydrogens is 620 g/mol. The largest absolute Gasteiger partial charge is 0.380 e. The highest BCUT2D eigenvalue weighted by molar-refractivity contribution is 7.14. The number of rotatable bonds is 9. The molecule has 248 valence electrons. The normalized spacial score (nSPS) is 23.2. The number of likely N-dealkylation sites (tertiary alicyclic amines) is 1. The second-order valence-electron chi connectivity index (χ2n) is 12.4. The van der Waals surface area contributed by atoms with Crippen molar-refractivity contribution >= 4 is 40.2 Å². The molecule has 0 spiro atoms. The summed E-state index contributed by atoms with van der Waals surface area (Å²) in [6.45, 7) is 4.82. The Balaban J connectivity index is 1.16. The highest BCUT2D eigenvalue weighted by Gasteiger charge is 2.43. The molecule has 12 nitrogen and oxygen atoms in total. The van der Waals surface area contributed by atoms with Gasteiger partial charge in [-0.1, -0.05) is 42.5 Å². The predicted molar refractivity (Wildman–Crippen MR) is 177 cm³/mol. The molecule has 3 fully saturated rings. The summed E-state index contributed by atoms with van der Waals surface area (Å²) in [7, 11) is 1.55. The van der Waals surface area contributed by atoms with Crippen LogP contribution >= 0.6 is 11.3 Å². The van der Waals surface area contributed by atoms with Crippen molar-refractivity contribution in [1.82, 2.24) is 25.4 Å². The number of urea groups is 1. The topological polar surface area (TPSA) is 142 Å². The van der Waals surface area contributed by atoms with Crippen molar-refractivity contribution in [3.8, 4) is 11.3 Å². The van der Waals surface area contributed by atoms with Crippen molar-refractivity contribution < 1.29 is 28.7 Å². The first-order valence-corrected chi connectivity index (χ1v) is 16.8. The quantitative estimate of drug-likeness (QED) is 0.317. The SMILES string of the molecule is CO[C@H]1C[C@H](C(=O)Nc2nc(-c3ccc(C(=O)NC4CC4)cc3)cs2)N(C(=O)C(NC(=O)N2C[C@@H](C)O[C@@H](C)C2)c2ccccc2)C1. The molecule has 3 N–H and O–H groups in total. The standard InChI is InChI=1S/C34H40N6O6S/c1-20-16-39(17-21(2)46-20)34(44)37-29(23-7-5-4-6-8-23)32(43)40-18-26(45-3)15-28(40)31(42)38-33-36-27(19-47-33)22-9-11-24(12-10-22)30(41)35-25-13-14-25/h4-12,19-21,25-26,28-29H,13-18H2,1-3H3,(H,35,41)(H,37,44)(H,36,38,42)/t20-,21+,26-,28+,29?/m0/s1. The molecule has 47 heavy (non-hydrogen) atoms. The molecule has 3 aromatic rings. The van der Waals surface area contributed by atoms with E-state index in [2.05, 4.69) is 20.9 Å². The van der Waals surface area contributed by atoms with Gasteiger partial charge in [0.15, 0.2) is 5.13 Å². The number of anilines is 1. The van der Waals surface area contributed by atoms with E-state index in [0.717, 1.165) is 18.4 Å². The molecule has 5 atom stereocenters. The van der Waals surface area contributed by atoms with E-state index in [1.54, 1.807) is 36.3 Å². The second-order valence-corrected chi connectivity index (χ2v) is 13.3. The van der Waals surface area contributed by atoms with Crippen LogP contribution in [-0.4, -0.2) is 95.7 Å². The fourth-order valence-corrected chi connectivity index (χ4v) is 6.78. The van der Waals surface area contributed by atoms with Crippen LogP contribution < -0.4 is 16.0 Å². The highest BCUT2D eigenvalue weighted by Crippen LogP contribution is 2.29. The van der Waals surface area contributed by atoms with Gasteiger partial charge in [0.2, 0.25) is 5.91 Å². The smallest absolute Gasteiger partial charge is 0.318 e. The van der Waals surface area contributed by atoms with Crippen molar-refractivity contribution in [3.05, 3.63) is 71.1 Å². The fraction of sp³-hybridized carbons (Fsp3) is 0.441. The Morgan fingerprint density at radius 3 is 2.34 bits per heavy atom. The average molecular weight is 661 g/mol. The zero-order valence-corrected chi connectivity index (χ0v) is 27.5. The van der Waals surface area contributed by atoms with Gasteiger partial charge in [0.05, 0.1) is 24.0 Å². The number of carbonyl (C=O) groups is 4. The molecule has 6 rings (SSSR count). The third-order valence-corrected chi connectivity index (χ3v) is 9.38. The van der Waals surface area contributed by atoms with E-state index in [0.29, 0.717) is 41.5 Å². The Bertz CT molecular complexity index is 1590. The van der Waals surface area contributed by atoms with Crippen LogP contribution in [-0.2, 0) is 19.1 Å². The first-order valence-electron chi connectivity index (χ1n) is 15.9. The molecule has 1 unspecified atom stereocenters. The van der Waals surface area contributed by atoms with Gasteiger partial charge in [-0.25, -0.2) is 9.78 Å². The number of nitrogens with zero attached hydrogens (tertiary/aromatic N) is 3. The monoisotopic (exact) mass is 660 g/mol. The lowest BCUT2D eigenvalue weighted by Crippen LogP contribution is -2.55. The van der Waals surface area contributed by atoms with Crippen LogP contribution in [0.25, 0.3) is 11.3 Å². The number of carbonyl (C=O) groups excluding carboxylic acids is 4. The Hall–Kier alpha value is -4.33. The molecule has 3 aliphatic rings. The van der Waals surface area contributed by atoms with E-state index in [1.807, 2.05) is 49.6 Å². The van der Waals surface area contributed by atoms with Gasteiger partial charge < -0.3 is 35.2 Å². The molecule has 13 heteroatoms. The van der Waals surface area contributed by atoms with Gasteiger partial charge in [0, 0.05) is 55.7 Å². The number of hydrogen-bond donors (Lipinski definition) is 3. The Morgan fingerprint density at radius 2 is 1.68 bits per heavy atom. The van der Waals surface area contributed by atoms with Crippen LogP contribution in [0.4, 0.5) is 9.93 Å². The molecule has 0 bridgehead atoms. The van der Waals surface area contributed by atoms with Crippen LogP contribution in [0.5, 0.6) is 0 Å². The van der Waals surface area contributed by atoms with Crippen LogP contribution in [0.1, 0.15) is 55.1 Å². The lowest BCUT2D eigenvalue weighted by atomic mass is 10.0. The Labute approximate surface area is 277 Å². The Kier molecular flexibility index (Phi) is 9.85. The summed E-state index contributed by atoms with van der Waals surface area (Å²) in [5.41, 5.74) is 2.67. The van der Waals surface area contributed by atoms with Crippen LogP contribution in [0, 0.1) is 0 Å². The summed E-state index contributed by atoms with van der Waals surface area (Å²) in [6, 6.07) is 14.3. The Morgan fingerprint density at radius 1 is 0.979 bits per heavy atom. The summed E-state index contributed by atoms with van der Waals surface area (Å²) < 4.78 is 11.4. The van der Waals surface area contributed by atoms with E-state index in [-0.39, 0.29) is 48.7 Å². The molecule has 1 aliphatic carbocycles. The summed E-state index contributed by atoms with van der Waals surface area (Å²) in [5.74, 6) is -0.876. The summed E-state index contributed by atoms with van der Waals surface area (Å²) in [6.07, 6.45) is 1.72. The maximum atomic E-state index is 14.2. The van der Waals surface area contributed by atoms with Gasteiger partial charge in [0.25, 0.3) is 11.8 Å². The zero-order valence-electron chi connectivity index (χ0n) is 26.7. The van der Waals surface area contributed by atoms with Gasteiger partial charge in [-0.2, -0.15) is 0 Å². The van der Waals surface area contributed by atoms with Gasteiger partial charge in [0.1, 0.15) is 12.1 Å². The summed E-state index contributed by atoms with van der Waals surface area (Å²) in [5, 5.41) is 11.0. The average Bonchev–Trinajstić information content (AvgIpc) is 3.57. The van der Waals surface area contributed by atoms with Crippen LogP contribution in [0.2, 0.25) is 0 Å². The highest BCUT2D eigenvalue weighted by atomic mass is 32.1. The molecule has 1 saturated carbocycles. The third kappa shape index (κ3) is 7.80. The first kappa shape index (κ1) is 32.6. The number of aromatic nitrogens is 1. The number of morpholine rings is 1. The molecule has 2 saturated heterocycles. The van der Waals surface area contributed by atoms with Crippen molar-refractivity contribution in [2.45, 2.75) is 69.5 Å². The molecular formula is C34H40N6O6S. The molecule has 5 amide bonds. The fourth-order valence-electron chi connectivity index (χ4n) is 6.06. The molecule has 1 aromatic heterocycles. The zero-order chi connectivity index (χ0) is 33.1. The van der Waals surface area contributed by atoms with Crippen LogP contribution in [0.3, 0.4) is 0 Å². The van der Waals surface area contributed by atoms with Gasteiger partial charge in [-0.15, -0.1) is 11.3 Å². The van der Waals surface area contributed by atoms with Crippen molar-refractivity contribution in [2.24, 2.45) is 0 Å². The summed E-state index contributed by atoms with van der Waals surface area (Å²) in [4.78, 5) is 61.5. The predicted octanol–water partition coefficient (Wildman–Crippen LogP) is 3.82. The number of thiazole rings is 1. The maximum Gasteiger partial charge on any atom is 0.318 e. The number of ether oxygens (including phenoxy) is 2. The summed E-state index contributed by atoms with van der Waals surface area (Å²) >= 11 is 1.27. The van der Waals surface area contributed by atoms with Gasteiger partial charge in [-0.3, -0.25) is 14.4 Å². The second kappa shape index (κ2) is 14.2. The number of benzene rings is 2. The van der Waals surface area contributed by atoms with Crippen molar-refractivity contribution in [2.75, 3.05) is 32.1 Å². The molecule has 2 aliphatic heterocycles.